The largest absolute Gasteiger partial charge is 0.463 e. The minimum Gasteiger partial charge on any atom is -0.463 e. The molecule has 0 aliphatic rings. The average Bonchev–Trinajstić information content (AvgIpc) is 2.76. The number of carbonyl (C=O) groups excluding carboxylic acids is 1. The Morgan fingerprint density at radius 1 is 1.03 bits per heavy atom. The third-order valence-corrected chi connectivity index (χ3v) is 3.94. The molecule has 0 atom stereocenters. The fourth-order valence-electron chi connectivity index (χ4n) is 2.57. The zero-order valence-corrected chi connectivity index (χ0v) is 15.6. The normalized spacial score (nSPS) is 10.7. The molecule has 2 aromatic carbocycles. The molecule has 0 saturated heterocycles. The van der Waals surface area contributed by atoms with Gasteiger partial charge in [0.05, 0.1) is 11.6 Å². The summed E-state index contributed by atoms with van der Waals surface area (Å²) in [6.07, 6.45) is 3.16. The van der Waals surface area contributed by atoms with Crippen molar-refractivity contribution >= 4 is 12.0 Å². The highest BCUT2D eigenvalue weighted by atomic mass is 16.5. The highest BCUT2D eigenvalue weighted by Gasteiger charge is 2.12. The molecular weight excluding hydrogens is 370 g/mol. The Bertz CT molecular complexity index is 1070. The second kappa shape index (κ2) is 9.67. The van der Waals surface area contributed by atoms with Gasteiger partial charge in [0.1, 0.15) is 30.5 Å². The van der Waals surface area contributed by atoms with Crippen molar-refractivity contribution in [2.75, 3.05) is 6.61 Å². The quantitative estimate of drug-likeness (QED) is 0.525. The first-order valence-electron chi connectivity index (χ1n) is 8.72. The highest BCUT2D eigenvalue weighted by Crippen LogP contribution is 2.31. The van der Waals surface area contributed by atoms with Gasteiger partial charge >= 0.3 is 0 Å². The molecule has 0 N–H and O–H groups in total. The molecule has 0 saturated carbocycles. The first-order valence-corrected chi connectivity index (χ1v) is 8.72. The number of hydrogen-bond acceptors (Lipinski definition) is 7. The Kier molecular flexibility index (Phi) is 6.53. The summed E-state index contributed by atoms with van der Waals surface area (Å²) in [6.45, 7) is 2.38. The van der Waals surface area contributed by atoms with Crippen LogP contribution in [-0.2, 0) is 9.53 Å². The predicted octanol–water partition coefficient (Wildman–Crippen LogP) is 4.51. The van der Waals surface area contributed by atoms with Crippen LogP contribution in [0.4, 0.5) is 0 Å². The van der Waals surface area contributed by atoms with Gasteiger partial charge in [-0.1, -0.05) is 36.4 Å². The molecule has 0 unspecified atom stereocenters. The molecule has 0 fully saturated rings. The number of benzene rings is 2. The number of carbonyl (C=O) groups is 1. The predicted molar refractivity (Wildman–Crippen MR) is 105 cm³/mol. The van der Waals surface area contributed by atoms with Crippen molar-refractivity contribution < 1.29 is 19.0 Å². The molecular formula is C22H17N3O4. The van der Waals surface area contributed by atoms with E-state index in [2.05, 4.69) is 16.0 Å². The lowest BCUT2D eigenvalue weighted by molar-refractivity contribution is -0.127. The van der Waals surface area contributed by atoms with E-state index in [-0.39, 0.29) is 18.4 Å². The molecule has 0 spiro atoms. The molecule has 3 rings (SSSR count). The van der Waals surface area contributed by atoms with Crippen molar-refractivity contribution in [2.24, 2.45) is 0 Å². The smallest absolute Gasteiger partial charge is 0.293 e. The molecule has 144 valence electrons. The molecule has 0 amide bonds. The Morgan fingerprint density at radius 2 is 1.69 bits per heavy atom. The fraction of sp³-hybridized carbons (Fsp3) is 0.0909. The van der Waals surface area contributed by atoms with Gasteiger partial charge in [-0.2, -0.15) is 5.26 Å². The summed E-state index contributed by atoms with van der Waals surface area (Å²) in [4.78, 5) is 18.7. The summed E-state index contributed by atoms with van der Waals surface area (Å²) in [7, 11) is 0. The van der Waals surface area contributed by atoms with Crippen LogP contribution in [-0.4, -0.2) is 23.0 Å². The molecule has 7 heteroatoms. The number of para-hydroxylation sites is 2. The Morgan fingerprint density at radius 3 is 2.38 bits per heavy atom. The molecule has 0 bridgehead atoms. The van der Waals surface area contributed by atoms with Gasteiger partial charge in [-0.3, -0.25) is 4.79 Å². The van der Waals surface area contributed by atoms with Crippen molar-refractivity contribution in [1.82, 2.24) is 9.97 Å². The fourth-order valence-corrected chi connectivity index (χ4v) is 2.57. The zero-order valence-electron chi connectivity index (χ0n) is 15.6. The summed E-state index contributed by atoms with van der Waals surface area (Å²) < 4.78 is 16.5. The summed E-state index contributed by atoms with van der Waals surface area (Å²) >= 11 is 0. The Hall–Kier alpha value is -4.18. The molecule has 0 radical (unpaired) electrons. The number of hydrogen-bond donors (Lipinski definition) is 0. The van der Waals surface area contributed by atoms with E-state index in [9.17, 15) is 10.1 Å². The molecule has 29 heavy (non-hydrogen) atoms. The van der Waals surface area contributed by atoms with Crippen molar-refractivity contribution in [3.63, 3.8) is 0 Å². The van der Waals surface area contributed by atoms with Gasteiger partial charge in [-0.15, -0.1) is 0 Å². The number of nitrogens with zero attached hydrogens (tertiary/aromatic N) is 3. The van der Waals surface area contributed by atoms with Crippen molar-refractivity contribution in [2.45, 2.75) is 6.92 Å². The average molecular weight is 387 g/mol. The van der Waals surface area contributed by atoms with E-state index < -0.39 is 0 Å². The lowest BCUT2D eigenvalue weighted by Gasteiger charge is -2.13. The summed E-state index contributed by atoms with van der Waals surface area (Å²) in [5.41, 5.74) is 1.96. The third-order valence-electron chi connectivity index (χ3n) is 3.94. The molecule has 1 aromatic heterocycles. The van der Waals surface area contributed by atoms with E-state index in [4.69, 9.17) is 14.2 Å². The second-order valence-electron chi connectivity index (χ2n) is 5.72. The van der Waals surface area contributed by atoms with Crippen LogP contribution in [0, 0.1) is 11.3 Å². The molecule has 0 aliphatic carbocycles. The second-order valence-corrected chi connectivity index (χ2v) is 5.72. The summed E-state index contributed by atoms with van der Waals surface area (Å²) in [5.74, 6) is 1.44. The maximum absolute atomic E-state index is 10.5. The van der Waals surface area contributed by atoms with Gasteiger partial charge < -0.3 is 14.2 Å². The van der Waals surface area contributed by atoms with Crippen LogP contribution in [0.1, 0.15) is 18.1 Å². The molecule has 7 nitrogen and oxygen atoms in total. The van der Waals surface area contributed by atoms with Crippen LogP contribution < -0.4 is 9.47 Å². The van der Waals surface area contributed by atoms with Gasteiger partial charge in [0.15, 0.2) is 0 Å². The number of allylic oxidation sites excluding steroid dienone is 1. The molecule has 1 heterocycles. The molecule has 3 aromatic rings. The maximum atomic E-state index is 10.5. The van der Waals surface area contributed by atoms with Crippen molar-refractivity contribution in [3.05, 3.63) is 78.1 Å². The Labute approximate surface area is 167 Å². The lowest BCUT2D eigenvalue weighted by Crippen LogP contribution is -1.99. The standard InChI is InChI=1S/C22H17N3O4/c1-2-16(13-27-15-26)18-8-4-6-10-20(18)29-22-11-21(24-14-25-22)28-19-9-5-3-7-17(19)12-23/h2-11,14-15H,13H2,1H3/b16-2-. The zero-order chi connectivity index (χ0) is 20.5. The van der Waals surface area contributed by atoms with Crippen LogP contribution >= 0.6 is 0 Å². The van der Waals surface area contributed by atoms with Crippen molar-refractivity contribution in [3.8, 4) is 29.3 Å². The van der Waals surface area contributed by atoms with Crippen LogP contribution in [0.5, 0.6) is 23.3 Å². The monoisotopic (exact) mass is 387 g/mol. The van der Waals surface area contributed by atoms with E-state index in [0.717, 1.165) is 11.1 Å². The minimum atomic E-state index is 0.128. The topological polar surface area (TPSA) is 94.3 Å². The highest BCUT2D eigenvalue weighted by molar-refractivity contribution is 5.72. The first-order chi connectivity index (χ1) is 14.2. The van der Waals surface area contributed by atoms with Crippen LogP contribution in [0.3, 0.4) is 0 Å². The number of rotatable bonds is 8. The van der Waals surface area contributed by atoms with Gasteiger partial charge in [0, 0.05) is 5.56 Å². The first kappa shape index (κ1) is 19.6. The number of ether oxygens (including phenoxy) is 3. The van der Waals surface area contributed by atoms with Crippen LogP contribution in [0.25, 0.3) is 5.57 Å². The SMILES string of the molecule is C/C=C(/COC=O)c1ccccc1Oc1cc(Oc2ccccc2C#N)ncn1. The van der Waals surface area contributed by atoms with Crippen molar-refractivity contribution in [1.29, 1.82) is 5.26 Å². The third kappa shape index (κ3) is 4.96. The van der Waals surface area contributed by atoms with E-state index in [0.29, 0.717) is 23.5 Å². The van der Waals surface area contributed by atoms with E-state index >= 15 is 0 Å². The van der Waals surface area contributed by atoms with E-state index in [1.165, 1.54) is 12.4 Å². The number of nitriles is 1. The Balaban J connectivity index is 1.84. The van der Waals surface area contributed by atoms with Gasteiger partial charge in [0.2, 0.25) is 11.8 Å². The summed E-state index contributed by atoms with van der Waals surface area (Å²) in [6, 6.07) is 17.8. The van der Waals surface area contributed by atoms with Crippen LogP contribution in [0.15, 0.2) is 67.0 Å². The maximum Gasteiger partial charge on any atom is 0.293 e. The van der Waals surface area contributed by atoms with Gasteiger partial charge in [-0.25, -0.2) is 9.97 Å². The minimum absolute atomic E-state index is 0.128. The van der Waals surface area contributed by atoms with Gasteiger partial charge in [0.25, 0.3) is 6.47 Å². The summed E-state index contributed by atoms with van der Waals surface area (Å²) in [5, 5.41) is 9.19. The van der Waals surface area contributed by atoms with Gasteiger partial charge in [-0.05, 0) is 30.7 Å². The lowest BCUT2D eigenvalue weighted by atomic mass is 10.1. The van der Waals surface area contributed by atoms with E-state index in [1.807, 2.05) is 31.2 Å². The number of aromatic nitrogens is 2. The van der Waals surface area contributed by atoms with Crippen LogP contribution in [0.2, 0.25) is 0 Å². The molecule has 0 aliphatic heterocycles. The van der Waals surface area contributed by atoms with E-state index in [1.54, 1.807) is 30.3 Å².